The minimum atomic E-state index is 0.238. The third kappa shape index (κ3) is 2.84. The summed E-state index contributed by atoms with van der Waals surface area (Å²) in [5.41, 5.74) is 1.12. The number of aromatic nitrogens is 1. The molecule has 0 bridgehead atoms. The molecule has 3 aromatic rings. The van der Waals surface area contributed by atoms with Crippen LogP contribution in [0.25, 0.3) is 10.9 Å². The Morgan fingerprint density at radius 1 is 1.00 bits per heavy atom. The van der Waals surface area contributed by atoms with Gasteiger partial charge >= 0.3 is 0 Å². The molecule has 0 radical (unpaired) electrons. The number of pyridine rings is 1. The molecule has 3 nitrogen and oxygen atoms in total. The molecule has 1 heterocycles. The number of hydrogen-bond donors (Lipinski definition) is 0. The predicted octanol–water partition coefficient (Wildman–Crippen LogP) is 5.15. The Balaban J connectivity index is 2.06. The van der Waals surface area contributed by atoms with Crippen molar-refractivity contribution < 1.29 is 9.53 Å². The van der Waals surface area contributed by atoms with Gasteiger partial charge in [0.25, 0.3) is 0 Å². The topological polar surface area (TPSA) is 39.2 Å². The quantitative estimate of drug-likeness (QED) is 0.627. The predicted molar refractivity (Wildman–Crippen MR) is 83.7 cm³/mol. The average molecular weight is 318 g/mol. The molecular weight excluding hydrogens is 309 g/mol. The highest BCUT2D eigenvalue weighted by Crippen LogP contribution is 2.30. The molecular formula is C16H9Cl2NO2. The Kier molecular flexibility index (Phi) is 3.78. The average Bonchev–Trinajstić information content (AvgIpc) is 2.50. The lowest BCUT2D eigenvalue weighted by molar-refractivity contribution is 0.112. The molecule has 1 aromatic heterocycles. The first-order valence-electron chi connectivity index (χ1n) is 6.15. The molecule has 21 heavy (non-hydrogen) atoms. The van der Waals surface area contributed by atoms with Crippen molar-refractivity contribution >= 4 is 40.4 Å². The number of nitrogens with zero attached hydrogens (tertiary/aromatic N) is 1. The zero-order valence-corrected chi connectivity index (χ0v) is 12.2. The third-order valence-corrected chi connectivity index (χ3v) is 3.69. The molecule has 3 rings (SSSR count). The maximum atomic E-state index is 11.2. The fourth-order valence-corrected chi connectivity index (χ4v) is 2.22. The number of carbonyl (C=O) groups excluding carboxylic acids is 1. The van der Waals surface area contributed by atoms with Crippen LogP contribution in [-0.4, -0.2) is 11.3 Å². The number of ether oxygens (including phenoxy) is 1. The number of hydrogen-bond acceptors (Lipinski definition) is 3. The van der Waals surface area contributed by atoms with E-state index in [1.165, 1.54) is 0 Å². The van der Waals surface area contributed by atoms with E-state index in [1.54, 1.807) is 24.3 Å². The molecule has 0 aliphatic carbocycles. The number of halogens is 2. The summed E-state index contributed by atoms with van der Waals surface area (Å²) in [6, 6.07) is 14.1. The van der Waals surface area contributed by atoms with Gasteiger partial charge in [-0.2, -0.15) is 0 Å². The first-order chi connectivity index (χ1) is 10.2. The third-order valence-electron chi connectivity index (χ3n) is 2.95. The first-order valence-corrected chi connectivity index (χ1v) is 6.91. The van der Waals surface area contributed by atoms with Crippen LogP contribution in [0.3, 0.4) is 0 Å². The van der Waals surface area contributed by atoms with E-state index in [9.17, 15) is 4.79 Å². The van der Waals surface area contributed by atoms with E-state index in [2.05, 4.69) is 4.98 Å². The van der Waals surface area contributed by atoms with Gasteiger partial charge in [0.15, 0.2) is 6.29 Å². The molecule has 0 amide bonds. The maximum absolute atomic E-state index is 11.2. The van der Waals surface area contributed by atoms with E-state index < -0.39 is 0 Å². The number of aldehydes is 1. The Morgan fingerprint density at radius 3 is 2.57 bits per heavy atom. The minimum Gasteiger partial charge on any atom is -0.438 e. The van der Waals surface area contributed by atoms with Crippen molar-refractivity contribution in [2.75, 3.05) is 0 Å². The fourth-order valence-electron chi connectivity index (χ4n) is 1.93. The zero-order chi connectivity index (χ0) is 14.8. The SMILES string of the molecule is O=Cc1cc2ccccc2nc1Oc1ccc(Cl)c(Cl)c1. The second-order valence-corrected chi connectivity index (χ2v) is 5.19. The molecule has 104 valence electrons. The summed E-state index contributed by atoms with van der Waals surface area (Å²) in [6.45, 7) is 0. The lowest BCUT2D eigenvalue weighted by Gasteiger charge is -2.09. The Bertz CT molecular complexity index is 834. The lowest BCUT2D eigenvalue weighted by Crippen LogP contribution is -1.95. The molecule has 0 aliphatic heterocycles. The molecule has 0 aliphatic rings. The summed E-state index contributed by atoms with van der Waals surface area (Å²) < 4.78 is 5.66. The van der Waals surface area contributed by atoms with Gasteiger partial charge in [0.2, 0.25) is 5.88 Å². The van der Waals surface area contributed by atoms with Crippen molar-refractivity contribution in [2.45, 2.75) is 0 Å². The van der Waals surface area contributed by atoms with Gasteiger partial charge in [-0.25, -0.2) is 4.98 Å². The lowest BCUT2D eigenvalue weighted by atomic mass is 10.1. The van der Waals surface area contributed by atoms with Gasteiger partial charge in [-0.3, -0.25) is 4.79 Å². The van der Waals surface area contributed by atoms with Gasteiger partial charge in [0, 0.05) is 11.5 Å². The molecule has 5 heteroatoms. The molecule has 0 saturated carbocycles. The largest absolute Gasteiger partial charge is 0.438 e. The van der Waals surface area contributed by atoms with Crippen molar-refractivity contribution in [3.05, 3.63) is 64.1 Å². The molecule has 0 saturated heterocycles. The summed E-state index contributed by atoms with van der Waals surface area (Å²) >= 11 is 11.8. The number of carbonyl (C=O) groups is 1. The van der Waals surface area contributed by atoms with E-state index in [0.717, 1.165) is 10.9 Å². The van der Waals surface area contributed by atoms with E-state index in [-0.39, 0.29) is 5.88 Å². The van der Waals surface area contributed by atoms with Crippen LogP contribution in [0.2, 0.25) is 10.0 Å². The molecule has 0 atom stereocenters. The van der Waals surface area contributed by atoms with Crippen molar-refractivity contribution in [3.63, 3.8) is 0 Å². The smallest absolute Gasteiger partial charge is 0.230 e. The first kappa shape index (κ1) is 13.9. The molecule has 0 unspecified atom stereocenters. The standard InChI is InChI=1S/C16H9Cl2NO2/c17-13-6-5-12(8-14(13)18)21-16-11(9-20)7-10-3-1-2-4-15(10)19-16/h1-9H. The number of fused-ring (bicyclic) bond motifs is 1. The number of rotatable bonds is 3. The van der Waals surface area contributed by atoms with Gasteiger partial charge in [-0.15, -0.1) is 0 Å². The van der Waals surface area contributed by atoms with Crippen LogP contribution in [0.1, 0.15) is 10.4 Å². The van der Waals surface area contributed by atoms with Crippen molar-refractivity contribution in [1.82, 2.24) is 4.98 Å². The summed E-state index contributed by atoms with van der Waals surface area (Å²) in [7, 11) is 0. The van der Waals surface area contributed by atoms with Gasteiger partial charge in [0.05, 0.1) is 21.1 Å². The minimum absolute atomic E-state index is 0.238. The number of para-hydroxylation sites is 1. The van der Waals surface area contributed by atoms with E-state index in [1.807, 2.05) is 24.3 Å². The summed E-state index contributed by atoms with van der Waals surface area (Å²) in [5, 5.41) is 1.69. The summed E-state index contributed by atoms with van der Waals surface area (Å²) in [6.07, 6.45) is 0.715. The monoisotopic (exact) mass is 317 g/mol. The summed E-state index contributed by atoms with van der Waals surface area (Å²) in [4.78, 5) is 15.6. The highest BCUT2D eigenvalue weighted by Gasteiger charge is 2.09. The van der Waals surface area contributed by atoms with Crippen LogP contribution in [0, 0.1) is 0 Å². The van der Waals surface area contributed by atoms with Crippen molar-refractivity contribution in [1.29, 1.82) is 0 Å². The van der Waals surface area contributed by atoms with E-state index >= 15 is 0 Å². The van der Waals surface area contributed by atoms with E-state index in [0.29, 0.717) is 27.6 Å². The second-order valence-electron chi connectivity index (χ2n) is 4.37. The van der Waals surface area contributed by atoms with Crippen LogP contribution >= 0.6 is 23.2 Å². The highest BCUT2D eigenvalue weighted by atomic mass is 35.5. The maximum Gasteiger partial charge on any atom is 0.230 e. The number of benzene rings is 2. The van der Waals surface area contributed by atoms with Crippen LogP contribution in [-0.2, 0) is 0 Å². The second kappa shape index (κ2) is 5.72. The molecule has 0 N–H and O–H groups in total. The van der Waals surface area contributed by atoms with Gasteiger partial charge < -0.3 is 4.74 Å². The fraction of sp³-hybridized carbons (Fsp3) is 0. The van der Waals surface area contributed by atoms with Crippen molar-refractivity contribution in [3.8, 4) is 11.6 Å². The van der Waals surface area contributed by atoms with Crippen LogP contribution < -0.4 is 4.74 Å². The summed E-state index contributed by atoms with van der Waals surface area (Å²) in [5.74, 6) is 0.706. The normalized spacial score (nSPS) is 10.6. The highest BCUT2D eigenvalue weighted by molar-refractivity contribution is 6.42. The van der Waals surface area contributed by atoms with Gasteiger partial charge in [0.1, 0.15) is 5.75 Å². The molecule has 0 fully saturated rings. The zero-order valence-electron chi connectivity index (χ0n) is 10.7. The van der Waals surface area contributed by atoms with Crippen LogP contribution in [0.5, 0.6) is 11.6 Å². The van der Waals surface area contributed by atoms with Crippen LogP contribution in [0.4, 0.5) is 0 Å². The Labute approximate surface area is 131 Å². The van der Waals surface area contributed by atoms with E-state index in [4.69, 9.17) is 27.9 Å². The van der Waals surface area contributed by atoms with Gasteiger partial charge in [-0.1, -0.05) is 41.4 Å². The van der Waals surface area contributed by atoms with Crippen molar-refractivity contribution in [2.24, 2.45) is 0 Å². The Morgan fingerprint density at radius 2 is 1.81 bits per heavy atom. The van der Waals surface area contributed by atoms with Gasteiger partial charge in [-0.05, 0) is 24.3 Å². The molecule has 2 aromatic carbocycles. The van der Waals surface area contributed by atoms with Crippen LogP contribution in [0.15, 0.2) is 48.5 Å². The molecule has 0 spiro atoms. The Hall–Kier alpha value is -2.10.